The van der Waals surface area contributed by atoms with E-state index in [-0.39, 0.29) is 34.3 Å². The lowest BCUT2D eigenvalue weighted by Gasteiger charge is -2.27. The number of rotatable bonds is 4. The minimum atomic E-state index is -3.06. The SMILES string of the molecule is CN(c1cc(N2CCCC2)c([N+](=O)[O-])c2nonc12)C1CCS(=O)(=O)C1. The molecular weight excluding hydrogens is 362 g/mol. The van der Waals surface area contributed by atoms with Gasteiger partial charge in [-0.1, -0.05) is 0 Å². The molecule has 1 atom stereocenters. The van der Waals surface area contributed by atoms with Gasteiger partial charge < -0.3 is 9.80 Å². The van der Waals surface area contributed by atoms with Gasteiger partial charge in [0.15, 0.2) is 15.4 Å². The summed E-state index contributed by atoms with van der Waals surface area (Å²) in [5, 5.41) is 19.3. The zero-order valence-electron chi connectivity index (χ0n) is 14.3. The molecule has 0 radical (unpaired) electrons. The fraction of sp³-hybridized carbons (Fsp3) is 0.600. The molecule has 2 saturated heterocycles. The van der Waals surface area contributed by atoms with Gasteiger partial charge in [-0.3, -0.25) is 10.1 Å². The average molecular weight is 381 g/mol. The first-order valence-corrected chi connectivity index (χ1v) is 10.3. The van der Waals surface area contributed by atoms with Crippen molar-refractivity contribution in [1.29, 1.82) is 0 Å². The van der Waals surface area contributed by atoms with Gasteiger partial charge >= 0.3 is 5.69 Å². The number of aromatic nitrogens is 2. The van der Waals surface area contributed by atoms with Crippen LogP contribution >= 0.6 is 0 Å². The molecule has 26 heavy (non-hydrogen) atoms. The predicted molar refractivity (Wildman–Crippen MR) is 95.4 cm³/mol. The normalized spacial score (nSPS) is 22.2. The number of sulfone groups is 1. The Balaban J connectivity index is 1.85. The Bertz CT molecular complexity index is 966. The summed E-state index contributed by atoms with van der Waals surface area (Å²) < 4.78 is 28.5. The van der Waals surface area contributed by atoms with Crippen LogP contribution in [0.1, 0.15) is 19.3 Å². The van der Waals surface area contributed by atoms with Crippen LogP contribution in [0.25, 0.3) is 11.0 Å². The topological polar surface area (TPSA) is 123 Å². The molecule has 2 aliphatic heterocycles. The molecule has 0 amide bonds. The van der Waals surface area contributed by atoms with Crippen LogP contribution in [0.3, 0.4) is 0 Å². The molecule has 0 N–H and O–H groups in total. The van der Waals surface area contributed by atoms with Crippen LogP contribution in [-0.2, 0) is 9.84 Å². The van der Waals surface area contributed by atoms with Gasteiger partial charge in [-0.25, -0.2) is 13.0 Å². The lowest BCUT2D eigenvalue weighted by atomic mass is 10.1. The Morgan fingerprint density at radius 3 is 2.62 bits per heavy atom. The highest BCUT2D eigenvalue weighted by Crippen LogP contribution is 2.42. The predicted octanol–water partition coefficient (Wildman–Crippen LogP) is 1.35. The molecule has 10 nitrogen and oxygen atoms in total. The molecule has 140 valence electrons. The van der Waals surface area contributed by atoms with Gasteiger partial charge in [0.1, 0.15) is 5.69 Å². The van der Waals surface area contributed by atoms with Crippen molar-refractivity contribution in [1.82, 2.24) is 10.3 Å². The Labute approximate surface area is 149 Å². The molecule has 1 unspecified atom stereocenters. The highest BCUT2D eigenvalue weighted by molar-refractivity contribution is 7.91. The minimum absolute atomic E-state index is 0.0618. The van der Waals surface area contributed by atoms with Crippen molar-refractivity contribution in [2.75, 3.05) is 41.4 Å². The van der Waals surface area contributed by atoms with Crippen molar-refractivity contribution in [3.8, 4) is 0 Å². The van der Waals surface area contributed by atoms with Crippen molar-refractivity contribution in [3.05, 3.63) is 16.2 Å². The maximum absolute atomic E-state index is 11.8. The van der Waals surface area contributed by atoms with E-state index in [1.807, 2.05) is 9.80 Å². The van der Waals surface area contributed by atoms with Crippen molar-refractivity contribution in [3.63, 3.8) is 0 Å². The first-order chi connectivity index (χ1) is 12.4. The van der Waals surface area contributed by atoms with Crippen molar-refractivity contribution in [2.45, 2.75) is 25.3 Å². The minimum Gasteiger partial charge on any atom is -0.369 e. The Kier molecular flexibility index (Phi) is 3.98. The van der Waals surface area contributed by atoms with Gasteiger partial charge in [-0.15, -0.1) is 0 Å². The van der Waals surface area contributed by atoms with E-state index in [2.05, 4.69) is 10.3 Å². The average Bonchev–Trinajstić information content (AvgIpc) is 3.32. The molecule has 0 bridgehead atoms. The highest BCUT2D eigenvalue weighted by atomic mass is 32.2. The lowest BCUT2D eigenvalue weighted by molar-refractivity contribution is -0.382. The van der Waals surface area contributed by atoms with E-state index in [9.17, 15) is 18.5 Å². The fourth-order valence-electron chi connectivity index (χ4n) is 3.83. The summed E-state index contributed by atoms with van der Waals surface area (Å²) in [4.78, 5) is 15.0. The third kappa shape index (κ3) is 2.75. The second kappa shape index (κ2) is 6.08. The molecule has 1 aromatic carbocycles. The summed E-state index contributed by atoms with van der Waals surface area (Å²) >= 11 is 0. The molecule has 2 fully saturated rings. The fourth-order valence-corrected chi connectivity index (χ4v) is 5.60. The summed E-state index contributed by atoms with van der Waals surface area (Å²) in [6, 6.07) is 1.52. The first kappa shape index (κ1) is 17.0. The number of nitrogens with zero attached hydrogens (tertiary/aromatic N) is 5. The number of nitro groups is 1. The number of hydrogen-bond acceptors (Lipinski definition) is 9. The van der Waals surface area contributed by atoms with Crippen LogP contribution in [0.2, 0.25) is 0 Å². The standard InChI is InChI=1S/C15H19N5O5S/c1-18(10-4-7-26(23,24)9-10)11-8-12(19-5-2-3-6-19)15(20(21)22)14-13(11)16-25-17-14/h8,10H,2-7,9H2,1H3. The molecule has 2 aromatic rings. The van der Waals surface area contributed by atoms with E-state index in [4.69, 9.17) is 4.63 Å². The van der Waals surface area contributed by atoms with Crippen molar-refractivity contribution in [2.24, 2.45) is 0 Å². The van der Waals surface area contributed by atoms with E-state index < -0.39 is 14.8 Å². The molecule has 0 aliphatic carbocycles. The van der Waals surface area contributed by atoms with Gasteiger partial charge in [0.2, 0.25) is 5.52 Å². The van der Waals surface area contributed by atoms with Crippen LogP contribution in [0.4, 0.5) is 17.1 Å². The third-order valence-corrected chi connectivity index (χ3v) is 6.99. The summed E-state index contributed by atoms with van der Waals surface area (Å²) in [6.07, 6.45) is 2.46. The molecule has 1 aromatic heterocycles. The largest absolute Gasteiger partial charge is 0.369 e. The van der Waals surface area contributed by atoms with Crippen molar-refractivity contribution < 1.29 is 18.0 Å². The quantitative estimate of drug-likeness (QED) is 0.570. The summed E-state index contributed by atoms with van der Waals surface area (Å²) in [6.45, 7) is 1.47. The van der Waals surface area contributed by atoms with E-state index in [0.29, 0.717) is 17.8 Å². The number of fused-ring (bicyclic) bond motifs is 1. The van der Waals surface area contributed by atoms with Gasteiger partial charge in [0.25, 0.3) is 0 Å². The smallest absolute Gasteiger partial charge is 0.323 e. The van der Waals surface area contributed by atoms with E-state index in [1.165, 1.54) is 0 Å². The summed E-state index contributed by atoms with van der Waals surface area (Å²) in [5.41, 5.74) is 1.36. The van der Waals surface area contributed by atoms with Crippen LogP contribution < -0.4 is 9.80 Å². The molecule has 3 heterocycles. The van der Waals surface area contributed by atoms with Gasteiger partial charge in [0.05, 0.1) is 22.1 Å². The van der Waals surface area contributed by atoms with Crippen LogP contribution in [0.15, 0.2) is 10.7 Å². The van der Waals surface area contributed by atoms with E-state index in [1.54, 1.807) is 13.1 Å². The molecule has 0 saturated carbocycles. The number of anilines is 2. The lowest BCUT2D eigenvalue weighted by Crippen LogP contribution is -2.33. The second-order valence-electron chi connectivity index (χ2n) is 6.84. The number of hydrogen-bond donors (Lipinski definition) is 0. The van der Waals surface area contributed by atoms with Crippen LogP contribution in [-0.4, -0.2) is 61.3 Å². The zero-order chi connectivity index (χ0) is 18.5. The number of nitro benzene ring substituents is 1. The maximum atomic E-state index is 11.8. The zero-order valence-corrected chi connectivity index (χ0v) is 15.1. The Hall–Kier alpha value is -2.43. The highest BCUT2D eigenvalue weighted by Gasteiger charge is 2.35. The third-order valence-electron chi connectivity index (χ3n) is 5.24. The second-order valence-corrected chi connectivity index (χ2v) is 9.07. The number of benzene rings is 1. The van der Waals surface area contributed by atoms with Crippen LogP contribution in [0, 0.1) is 10.1 Å². The summed E-state index contributed by atoms with van der Waals surface area (Å²) in [7, 11) is -1.27. The molecule has 11 heteroatoms. The van der Waals surface area contributed by atoms with Crippen LogP contribution in [0.5, 0.6) is 0 Å². The monoisotopic (exact) mass is 381 g/mol. The molecule has 0 spiro atoms. The van der Waals surface area contributed by atoms with Crippen molar-refractivity contribution >= 4 is 37.9 Å². The van der Waals surface area contributed by atoms with E-state index >= 15 is 0 Å². The van der Waals surface area contributed by atoms with Gasteiger partial charge in [-0.2, -0.15) is 0 Å². The maximum Gasteiger partial charge on any atom is 0.323 e. The van der Waals surface area contributed by atoms with Gasteiger partial charge in [-0.05, 0) is 35.6 Å². The Morgan fingerprint density at radius 1 is 1.31 bits per heavy atom. The molecular formula is C15H19N5O5S. The molecule has 4 rings (SSSR count). The first-order valence-electron chi connectivity index (χ1n) is 8.49. The van der Waals surface area contributed by atoms with Gasteiger partial charge in [0, 0.05) is 26.2 Å². The summed E-state index contributed by atoms with van der Waals surface area (Å²) in [5.74, 6) is 0.209. The molecule has 2 aliphatic rings. The Morgan fingerprint density at radius 2 is 2.00 bits per heavy atom. The van der Waals surface area contributed by atoms with E-state index in [0.717, 1.165) is 25.9 Å².